The van der Waals surface area contributed by atoms with E-state index >= 15 is 0 Å². The van der Waals surface area contributed by atoms with Crippen LogP contribution in [0.5, 0.6) is 11.5 Å². The molecule has 2 N–H and O–H groups in total. The number of phenols is 1. The molecule has 0 saturated carbocycles. The van der Waals surface area contributed by atoms with E-state index < -0.39 is 5.82 Å². The molecule has 6 heteroatoms. The van der Waals surface area contributed by atoms with Crippen molar-refractivity contribution in [3.63, 3.8) is 0 Å². The van der Waals surface area contributed by atoms with Crippen LogP contribution in [0.1, 0.15) is 11.7 Å². The van der Waals surface area contributed by atoms with Gasteiger partial charge in [0, 0.05) is 18.7 Å². The third-order valence-corrected chi connectivity index (χ3v) is 2.93. The highest BCUT2D eigenvalue weighted by Gasteiger charge is 2.25. The van der Waals surface area contributed by atoms with E-state index in [1.165, 1.54) is 13.2 Å². The topological polar surface area (TPSA) is 50.7 Å². The van der Waals surface area contributed by atoms with Crippen molar-refractivity contribution in [3.8, 4) is 11.5 Å². The average molecular weight is 262 g/mol. The van der Waals surface area contributed by atoms with Crippen LogP contribution in [0.3, 0.4) is 0 Å². The first-order chi connectivity index (χ1) is 8.15. The average Bonchev–Trinajstić information content (AvgIpc) is 2.36. The molecule has 94 valence electrons. The number of phenolic OH excluding ortho intramolecular Hbond substituents is 1. The van der Waals surface area contributed by atoms with Crippen molar-refractivity contribution < 1.29 is 19.0 Å². The lowest BCUT2D eigenvalue weighted by molar-refractivity contribution is 0.0260. The number of methoxy groups -OCH3 is 1. The molecule has 1 unspecified atom stereocenters. The zero-order valence-electron chi connectivity index (χ0n) is 9.30. The van der Waals surface area contributed by atoms with Crippen LogP contribution in [-0.4, -0.2) is 31.9 Å². The lowest BCUT2D eigenvalue weighted by atomic mass is 10.1. The van der Waals surface area contributed by atoms with E-state index in [0.717, 1.165) is 6.54 Å². The number of rotatable bonds is 2. The molecule has 0 aliphatic carbocycles. The molecule has 1 aromatic rings. The van der Waals surface area contributed by atoms with Gasteiger partial charge in [0.1, 0.15) is 0 Å². The van der Waals surface area contributed by atoms with Crippen molar-refractivity contribution in [1.82, 2.24) is 5.32 Å². The van der Waals surface area contributed by atoms with Gasteiger partial charge in [-0.25, -0.2) is 4.39 Å². The summed E-state index contributed by atoms with van der Waals surface area (Å²) in [5.74, 6) is -1.27. The molecule has 1 aliphatic heterocycles. The summed E-state index contributed by atoms with van der Waals surface area (Å²) in [6.45, 7) is 1.82. The van der Waals surface area contributed by atoms with E-state index in [1.54, 1.807) is 0 Å². The standard InChI is InChI=1S/C11H13ClFNO3/c1-16-11-9(13)7(12)4-6(10(11)15)8-5-14-2-3-17-8/h4,8,14-15H,2-3,5H2,1H3. The highest BCUT2D eigenvalue weighted by molar-refractivity contribution is 6.31. The molecule has 1 aliphatic rings. The van der Waals surface area contributed by atoms with Crippen molar-refractivity contribution in [2.24, 2.45) is 0 Å². The second kappa shape index (κ2) is 5.08. The van der Waals surface area contributed by atoms with Gasteiger partial charge in [0.15, 0.2) is 17.3 Å². The molecule has 1 atom stereocenters. The number of ether oxygens (including phenoxy) is 2. The number of hydrogen-bond acceptors (Lipinski definition) is 4. The second-order valence-corrected chi connectivity index (χ2v) is 4.11. The van der Waals surface area contributed by atoms with Crippen LogP contribution >= 0.6 is 11.6 Å². The molecular weight excluding hydrogens is 249 g/mol. The minimum atomic E-state index is -0.765. The van der Waals surface area contributed by atoms with Crippen LogP contribution in [0.15, 0.2) is 6.07 Å². The molecule has 4 nitrogen and oxygen atoms in total. The predicted molar refractivity (Wildman–Crippen MR) is 61.2 cm³/mol. The summed E-state index contributed by atoms with van der Waals surface area (Å²) < 4.78 is 23.8. The summed E-state index contributed by atoms with van der Waals surface area (Å²) >= 11 is 5.75. The first kappa shape index (κ1) is 12.4. The predicted octanol–water partition coefficient (Wildman–Crippen LogP) is 1.85. The quantitative estimate of drug-likeness (QED) is 0.853. The maximum Gasteiger partial charge on any atom is 0.198 e. The Labute approximate surface area is 103 Å². The number of hydrogen-bond donors (Lipinski definition) is 2. The van der Waals surface area contributed by atoms with E-state index in [4.69, 9.17) is 21.1 Å². The SMILES string of the molecule is COc1c(O)c(C2CNCCO2)cc(Cl)c1F. The summed E-state index contributed by atoms with van der Waals surface area (Å²) in [5, 5.41) is 12.9. The maximum absolute atomic E-state index is 13.5. The number of aromatic hydroxyl groups is 1. The van der Waals surface area contributed by atoms with Crippen molar-refractivity contribution >= 4 is 11.6 Å². The monoisotopic (exact) mass is 261 g/mol. The summed E-state index contributed by atoms with van der Waals surface area (Å²) in [5.41, 5.74) is 0.431. The van der Waals surface area contributed by atoms with Gasteiger partial charge in [0.05, 0.1) is 24.8 Å². The molecule has 1 fully saturated rings. The number of halogens is 2. The molecule has 0 spiro atoms. The zero-order valence-corrected chi connectivity index (χ0v) is 10.1. The molecule has 1 heterocycles. The Morgan fingerprint density at radius 3 is 3.00 bits per heavy atom. The van der Waals surface area contributed by atoms with Gasteiger partial charge >= 0.3 is 0 Å². The lowest BCUT2D eigenvalue weighted by Gasteiger charge is -2.25. The molecule has 1 saturated heterocycles. The first-order valence-corrected chi connectivity index (χ1v) is 5.60. The van der Waals surface area contributed by atoms with Gasteiger partial charge in [0.2, 0.25) is 0 Å². The zero-order chi connectivity index (χ0) is 12.4. The highest BCUT2D eigenvalue weighted by Crippen LogP contribution is 2.40. The summed E-state index contributed by atoms with van der Waals surface area (Å²) in [4.78, 5) is 0. The Bertz CT molecular complexity index is 422. The first-order valence-electron chi connectivity index (χ1n) is 5.22. The van der Waals surface area contributed by atoms with Gasteiger partial charge in [-0.05, 0) is 6.07 Å². The molecule has 0 amide bonds. The van der Waals surface area contributed by atoms with Gasteiger partial charge in [-0.15, -0.1) is 0 Å². The summed E-state index contributed by atoms with van der Waals surface area (Å²) in [6, 6.07) is 1.37. The normalized spacial score (nSPS) is 20.3. The molecule has 1 aromatic carbocycles. The molecule has 0 bridgehead atoms. The Hall–Kier alpha value is -1.04. The maximum atomic E-state index is 13.5. The van der Waals surface area contributed by atoms with Crippen LogP contribution in [0.25, 0.3) is 0 Å². The lowest BCUT2D eigenvalue weighted by Crippen LogP contribution is -2.33. The molecule has 0 radical (unpaired) electrons. The fourth-order valence-electron chi connectivity index (χ4n) is 1.81. The van der Waals surface area contributed by atoms with Gasteiger partial charge in [-0.1, -0.05) is 11.6 Å². The Balaban J connectivity index is 2.42. The van der Waals surface area contributed by atoms with Crippen LogP contribution in [0, 0.1) is 5.82 Å². The van der Waals surface area contributed by atoms with Gasteiger partial charge in [-0.3, -0.25) is 0 Å². The van der Waals surface area contributed by atoms with Crippen LogP contribution < -0.4 is 10.1 Å². The minimum Gasteiger partial charge on any atom is -0.504 e. The van der Waals surface area contributed by atoms with E-state index in [-0.39, 0.29) is 22.6 Å². The van der Waals surface area contributed by atoms with Crippen LogP contribution in [-0.2, 0) is 4.74 Å². The van der Waals surface area contributed by atoms with Crippen molar-refractivity contribution in [3.05, 3.63) is 22.5 Å². The van der Waals surface area contributed by atoms with Crippen LogP contribution in [0.4, 0.5) is 4.39 Å². The van der Waals surface area contributed by atoms with Gasteiger partial charge in [-0.2, -0.15) is 0 Å². The molecular formula is C11H13ClFNO3. The number of nitrogens with one attached hydrogen (secondary N) is 1. The van der Waals surface area contributed by atoms with Crippen molar-refractivity contribution in [2.75, 3.05) is 26.8 Å². The molecule has 17 heavy (non-hydrogen) atoms. The largest absolute Gasteiger partial charge is 0.504 e. The second-order valence-electron chi connectivity index (χ2n) is 3.71. The number of benzene rings is 1. The van der Waals surface area contributed by atoms with Gasteiger partial charge < -0.3 is 19.9 Å². The van der Waals surface area contributed by atoms with E-state index in [9.17, 15) is 9.50 Å². The Morgan fingerprint density at radius 1 is 1.65 bits per heavy atom. The van der Waals surface area contributed by atoms with E-state index in [1.807, 2.05) is 0 Å². The van der Waals surface area contributed by atoms with Crippen LogP contribution in [0.2, 0.25) is 5.02 Å². The fraction of sp³-hybridized carbons (Fsp3) is 0.455. The summed E-state index contributed by atoms with van der Waals surface area (Å²) in [7, 11) is 1.28. The minimum absolute atomic E-state index is 0.0937. The summed E-state index contributed by atoms with van der Waals surface area (Å²) in [6.07, 6.45) is -0.351. The molecule has 0 aromatic heterocycles. The Kier molecular flexibility index (Phi) is 3.71. The highest BCUT2D eigenvalue weighted by atomic mass is 35.5. The Morgan fingerprint density at radius 2 is 2.41 bits per heavy atom. The third-order valence-electron chi connectivity index (χ3n) is 2.66. The van der Waals surface area contributed by atoms with E-state index in [0.29, 0.717) is 18.7 Å². The fourth-order valence-corrected chi connectivity index (χ4v) is 2.01. The number of morpholine rings is 1. The van der Waals surface area contributed by atoms with Crippen molar-refractivity contribution in [2.45, 2.75) is 6.10 Å². The van der Waals surface area contributed by atoms with Crippen molar-refractivity contribution in [1.29, 1.82) is 0 Å². The third kappa shape index (κ3) is 2.31. The smallest absolute Gasteiger partial charge is 0.198 e. The van der Waals surface area contributed by atoms with E-state index in [2.05, 4.69) is 5.32 Å². The molecule has 2 rings (SSSR count). The van der Waals surface area contributed by atoms with Gasteiger partial charge in [0.25, 0.3) is 0 Å².